The number of hydrogen-bond donors (Lipinski definition) is 1. The number of imide groups is 1. The molecule has 0 aliphatic carbocycles. The molecule has 2 aromatic heterocycles. The second-order valence-corrected chi connectivity index (χ2v) is 9.32. The Kier molecular flexibility index (Phi) is 5.56. The normalized spacial score (nSPS) is 20.7. The third kappa shape index (κ3) is 3.81. The number of thiazole rings is 1. The molecule has 1 unspecified atom stereocenters. The third-order valence-corrected chi connectivity index (χ3v) is 7.33. The lowest BCUT2D eigenvalue weighted by molar-refractivity contribution is -0.139. The monoisotopic (exact) mass is 480 g/mol. The van der Waals surface area contributed by atoms with E-state index >= 15 is 0 Å². The maximum atomic E-state index is 13.2. The van der Waals surface area contributed by atoms with E-state index in [1.54, 1.807) is 49.4 Å². The summed E-state index contributed by atoms with van der Waals surface area (Å²) >= 11 is 1.53. The van der Waals surface area contributed by atoms with Gasteiger partial charge in [0.05, 0.1) is 7.11 Å². The summed E-state index contributed by atoms with van der Waals surface area (Å²) in [5.74, 6) is -0.0536. The summed E-state index contributed by atoms with van der Waals surface area (Å²) in [5.41, 5.74) is 0.253. The fourth-order valence-corrected chi connectivity index (χ4v) is 5.20. The number of piperazine rings is 1. The molecule has 2 fully saturated rings. The van der Waals surface area contributed by atoms with Gasteiger partial charge in [0.2, 0.25) is 5.91 Å². The van der Waals surface area contributed by atoms with Crippen LogP contribution in [0.4, 0.5) is 9.93 Å². The van der Waals surface area contributed by atoms with Crippen LogP contribution in [0.3, 0.4) is 0 Å². The summed E-state index contributed by atoms with van der Waals surface area (Å²) in [6, 6.07) is 10.1. The summed E-state index contributed by atoms with van der Waals surface area (Å²) in [4.78, 5) is 53.4. The number of carbonyl (C=O) groups excluding carboxylic acids is 3. The first-order valence-electron chi connectivity index (χ1n) is 10.9. The minimum absolute atomic E-state index is 0.256. The van der Waals surface area contributed by atoms with E-state index < -0.39 is 17.5 Å². The molecular weight excluding hydrogens is 456 g/mol. The second kappa shape index (κ2) is 8.56. The van der Waals surface area contributed by atoms with Gasteiger partial charge in [-0.05, 0) is 36.8 Å². The highest BCUT2D eigenvalue weighted by molar-refractivity contribution is 7.21. The molecule has 11 heteroatoms. The van der Waals surface area contributed by atoms with Crippen molar-refractivity contribution in [1.82, 2.24) is 25.1 Å². The Morgan fingerprint density at radius 1 is 1.15 bits per heavy atom. The van der Waals surface area contributed by atoms with Gasteiger partial charge >= 0.3 is 6.03 Å². The van der Waals surface area contributed by atoms with E-state index in [4.69, 9.17) is 4.74 Å². The van der Waals surface area contributed by atoms with Gasteiger partial charge in [0, 0.05) is 32.4 Å². The Labute approximate surface area is 200 Å². The number of pyridine rings is 1. The van der Waals surface area contributed by atoms with Gasteiger partial charge in [0.15, 0.2) is 5.13 Å². The highest BCUT2D eigenvalue weighted by Gasteiger charge is 2.49. The standard InChI is InChI=1S/C23H24N6O4S/c1-23(15-5-7-16(33-2)8-6-15)20(31)29(21(32)26-23)14-18(30)27-10-12-28(13-11-27)22-25-17-4-3-9-24-19(17)34-22/h3-9H,10-14H2,1-2H3,(H,26,32). The lowest BCUT2D eigenvalue weighted by atomic mass is 9.92. The zero-order valence-electron chi connectivity index (χ0n) is 18.9. The maximum Gasteiger partial charge on any atom is 0.325 e. The van der Waals surface area contributed by atoms with E-state index in [0.717, 1.165) is 20.4 Å². The number of benzene rings is 1. The first-order chi connectivity index (χ1) is 16.4. The van der Waals surface area contributed by atoms with Crippen LogP contribution in [0.15, 0.2) is 42.6 Å². The average Bonchev–Trinajstić information content (AvgIpc) is 3.39. The molecule has 4 heterocycles. The number of aromatic nitrogens is 2. The van der Waals surface area contributed by atoms with Gasteiger partial charge in [-0.2, -0.15) is 0 Å². The van der Waals surface area contributed by atoms with Crippen LogP contribution in [0, 0.1) is 0 Å². The second-order valence-electron chi connectivity index (χ2n) is 8.37. The van der Waals surface area contributed by atoms with E-state index in [-0.39, 0.29) is 12.5 Å². The van der Waals surface area contributed by atoms with Crippen molar-refractivity contribution in [2.75, 3.05) is 44.7 Å². The van der Waals surface area contributed by atoms with Crippen LogP contribution in [0.1, 0.15) is 12.5 Å². The number of amides is 4. The largest absolute Gasteiger partial charge is 0.497 e. The molecule has 0 radical (unpaired) electrons. The van der Waals surface area contributed by atoms with E-state index in [2.05, 4.69) is 20.2 Å². The number of methoxy groups -OCH3 is 1. The van der Waals surface area contributed by atoms with Crippen LogP contribution < -0.4 is 15.0 Å². The van der Waals surface area contributed by atoms with E-state index in [0.29, 0.717) is 37.5 Å². The van der Waals surface area contributed by atoms with Gasteiger partial charge in [0.1, 0.15) is 28.2 Å². The Morgan fingerprint density at radius 2 is 1.88 bits per heavy atom. The average molecular weight is 481 g/mol. The smallest absolute Gasteiger partial charge is 0.325 e. The number of fused-ring (bicyclic) bond motifs is 1. The number of nitrogens with one attached hydrogen (secondary N) is 1. The minimum Gasteiger partial charge on any atom is -0.497 e. The molecule has 5 rings (SSSR count). The van der Waals surface area contributed by atoms with Crippen molar-refractivity contribution in [1.29, 1.82) is 0 Å². The summed E-state index contributed by atoms with van der Waals surface area (Å²) in [6.45, 7) is 3.57. The van der Waals surface area contributed by atoms with Crippen molar-refractivity contribution >= 4 is 44.7 Å². The lowest BCUT2D eigenvalue weighted by Crippen LogP contribution is -2.52. The van der Waals surface area contributed by atoms with E-state index in [1.807, 2.05) is 12.1 Å². The zero-order valence-corrected chi connectivity index (χ0v) is 19.7. The predicted molar refractivity (Wildman–Crippen MR) is 127 cm³/mol. The molecule has 2 aliphatic rings. The number of anilines is 1. The molecular formula is C23H24N6O4S. The van der Waals surface area contributed by atoms with Gasteiger partial charge in [0.25, 0.3) is 5.91 Å². The number of carbonyl (C=O) groups is 3. The van der Waals surface area contributed by atoms with Crippen molar-refractivity contribution in [2.24, 2.45) is 0 Å². The highest BCUT2D eigenvalue weighted by Crippen LogP contribution is 2.30. The summed E-state index contributed by atoms with van der Waals surface area (Å²) < 4.78 is 5.16. The first kappa shape index (κ1) is 22.1. The molecule has 176 valence electrons. The Morgan fingerprint density at radius 3 is 2.56 bits per heavy atom. The Balaban J connectivity index is 1.22. The number of nitrogens with zero attached hydrogens (tertiary/aromatic N) is 5. The number of hydrogen-bond acceptors (Lipinski definition) is 8. The van der Waals surface area contributed by atoms with Crippen LogP contribution in [-0.4, -0.2) is 77.4 Å². The van der Waals surface area contributed by atoms with Crippen molar-refractivity contribution in [3.05, 3.63) is 48.2 Å². The Hall–Kier alpha value is -3.73. The van der Waals surface area contributed by atoms with Crippen LogP contribution >= 0.6 is 11.3 Å². The lowest BCUT2D eigenvalue weighted by Gasteiger charge is -2.35. The van der Waals surface area contributed by atoms with Crippen LogP contribution in [-0.2, 0) is 15.1 Å². The minimum atomic E-state index is -1.23. The predicted octanol–water partition coefficient (Wildman–Crippen LogP) is 1.82. The molecule has 4 amide bonds. The van der Waals surface area contributed by atoms with Crippen LogP contribution in [0.2, 0.25) is 0 Å². The van der Waals surface area contributed by atoms with Crippen LogP contribution in [0.5, 0.6) is 5.75 Å². The zero-order chi connectivity index (χ0) is 23.9. The van der Waals surface area contributed by atoms with E-state index in [9.17, 15) is 14.4 Å². The van der Waals surface area contributed by atoms with Gasteiger partial charge < -0.3 is 19.9 Å². The molecule has 1 aromatic carbocycles. The van der Waals surface area contributed by atoms with Gasteiger partial charge in [-0.3, -0.25) is 14.5 Å². The molecule has 10 nitrogen and oxygen atoms in total. The number of ether oxygens (including phenoxy) is 1. The van der Waals surface area contributed by atoms with Crippen LogP contribution in [0.25, 0.3) is 10.3 Å². The molecule has 3 aromatic rings. The fourth-order valence-electron chi connectivity index (χ4n) is 4.24. The van der Waals surface area contributed by atoms with E-state index in [1.165, 1.54) is 11.3 Å². The van der Waals surface area contributed by atoms with Crippen molar-refractivity contribution in [3.8, 4) is 5.75 Å². The maximum absolute atomic E-state index is 13.2. The van der Waals surface area contributed by atoms with Crippen molar-refractivity contribution < 1.29 is 19.1 Å². The summed E-state index contributed by atoms with van der Waals surface area (Å²) in [6.07, 6.45) is 1.75. The molecule has 0 spiro atoms. The topological polar surface area (TPSA) is 108 Å². The molecule has 0 bridgehead atoms. The molecule has 2 aliphatic heterocycles. The van der Waals surface area contributed by atoms with Crippen molar-refractivity contribution in [2.45, 2.75) is 12.5 Å². The molecule has 34 heavy (non-hydrogen) atoms. The molecule has 0 saturated carbocycles. The summed E-state index contributed by atoms with van der Waals surface area (Å²) in [5, 5.41) is 3.62. The number of urea groups is 1. The fraction of sp³-hybridized carbons (Fsp3) is 0.348. The number of rotatable bonds is 5. The molecule has 2 saturated heterocycles. The molecule has 1 N–H and O–H groups in total. The first-order valence-corrected chi connectivity index (χ1v) is 11.7. The quantitative estimate of drug-likeness (QED) is 0.555. The SMILES string of the molecule is COc1ccc(C2(C)NC(=O)N(CC(=O)N3CCN(c4nc5cccnc5s4)CC3)C2=O)cc1. The Bertz CT molecular complexity index is 1220. The third-order valence-electron chi connectivity index (χ3n) is 6.29. The van der Waals surface area contributed by atoms with Gasteiger partial charge in [-0.25, -0.2) is 14.8 Å². The van der Waals surface area contributed by atoms with Gasteiger partial charge in [-0.15, -0.1) is 0 Å². The van der Waals surface area contributed by atoms with Gasteiger partial charge in [-0.1, -0.05) is 23.5 Å². The van der Waals surface area contributed by atoms with Crippen molar-refractivity contribution in [3.63, 3.8) is 0 Å². The summed E-state index contributed by atoms with van der Waals surface area (Å²) in [7, 11) is 1.56. The highest BCUT2D eigenvalue weighted by atomic mass is 32.1. The molecule has 1 atom stereocenters.